The van der Waals surface area contributed by atoms with Gasteiger partial charge in [-0.15, -0.1) is 10.2 Å². The van der Waals surface area contributed by atoms with Gasteiger partial charge in [-0.2, -0.15) is 0 Å². The molecule has 1 fully saturated rings. The first-order chi connectivity index (χ1) is 14.7. The van der Waals surface area contributed by atoms with Crippen LogP contribution in [0, 0.1) is 13.8 Å². The monoisotopic (exact) mass is 426 g/mol. The molecular formula is C24H38N6O. The van der Waals surface area contributed by atoms with Crippen LogP contribution in [0.25, 0.3) is 0 Å². The topological polar surface area (TPSA) is 76.4 Å². The van der Waals surface area contributed by atoms with Crippen molar-refractivity contribution in [3.63, 3.8) is 0 Å². The Balaban J connectivity index is 1.76. The summed E-state index contributed by atoms with van der Waals surface area (Å²) < 4.78 is 8.21. The first-order valence-corrected chi connectivity index (χ1v) is 11.4. The zero-order chi connectivity index (χ0) is 22.4. The molecule has 1 aliphatic carbocycles. The lowest BCUT2D eigenvalue weighted by Crippen LogP contribution is -2.44. The molecule has 0 radical (unpaired) electrons. The Morgan fingerprint density at radius 3 is 2.55 bits per heavy atom. The summed E-state index contributed by atoms with van der Waals surface area (Å²) in [5, 5.41) is 15.5. The van der Waals surface area contributed by atoms with Crippen molar-refractivity contribution in [2.45, 2.75) is 91.5 Å². The molecule has 0 amide bonds. The van der Waals surface area contributed by atoms with Crippen LogP contribution in [0.5, 0.6) is 5.75 Å². The number of nitrogens with one attached hydrogen (secondary N) is 2. The highest BCUT2D eigenvalue weighted by Gasteiger charge is 2.17. The molecule has 0 unspecified atom stereocenters. The predicted molar refractivity (Wildman–Crippen MR) is 125 cm³/mol. The molecule has 170 valence electrons. The van der Waals surface area contributed by atoms with E-state index in [1.807, 2.05) is 18.5 Å². The molecule has 3 rings (SSSR count). The lowest BCUT2D eigenvalue weighted by molar-refractivity contribution is 0.129. The predicted octanol–water partition coefficient (Wildman–Crippen LogP) is 4.18. The van der Waals surface area contributed by atoms with Crippen LogP contribution in [-0.4, -0.2) is 32.4 Å². The van der Waals surface area contributed by atoms with E-state index in [1.54, 1.807) is 0 Å². The summed E-state index contributed by atoms with van der Waals surface area (Å²) in [6.07, 6.45) is 6.25. The van der Waals surface area contributed by atoms with Crippen LogP contribution in [0.15, 0.2) is 23.2 Å². The lowest BCUT2D eigenvalue weighted by Gasteiger charge is -2.25. The Morgan fingerprint density at radius 2 is 1.90 bits per heavy atom. The minimum absolute atomic E-state index is 0.253. The number of nitrogens with zero attached hydrogens (tertiary/aromatic N) is 4. The van der Waals surface area contributed by atoms with Crippen LogP contribution in [-0.2, 0) is 20.1 Å². The van der Waals surface area contributed by atoms with E-state index in [0.29, 0.717) is 19.1 Å². The molecule has 0 bridgehead atoms. The van der Waals surface area contributed by atoms with E-state index in [9.17, 15) is 0 Å². The average Bonchev–Trinajstić information content (AvgIpc) is 3.03. The van der Waals surface area contributed by atoms with E-state index in [1.165, 1.54) is 37.7 Å². The SMILES string of the molecule is Cc1ccc(CN=C(NCc2nnc(C)n2C)NC2CCCCC2)c(OC(C)(C)C)c1. The normalized spacial score (nSPS) is 15.7. The van der Waals surface area contributed by atoms with Gasteiger partial charge >= 0.3 is 0 Å². The van der Waals surface area contributed by atoms with Crippen molar-refractivity contribution in [1.29, 1.82) is 0 Å². The summed E-state index contributed by atoms with van der Waals surface area (Å²) in [4.78, 5) is 4.92. The fourth-order valence-electron chi connectivity index (χ4n) is 3.74. The number of aryl methyl sites for hydroxylation is 2. The maximum Gasteiger partial charge on any atom is 0.192 e. The van der Waals surface area contributed by atoms with Crippen LogP contribution >= 0.6 is 0 Å². The molecule has 0 saturated heterocycles. The molecule has 1 aromatic heterocycles. The van der Waals surface area contributed by atoms with Crippen molar-refractivity contribution in [1.82, 2.24) is 25.4 Å². The van der Waals surface area contributed by atoms with E-state index < -0.39 is 0 Å². The number of hydrogen-bond donors (Lipinski definition) is 2. The van der Waals surface area contributed by atoms with Crippen LogP contribution in [0.3, 0.4) is 0 Å². The molecule has 7 heteroatoms. The first kappa shape index (κ1) is 23.1. The maximum atomic E-state index is 6.21. The van der Waals surface area contributed by atoms with Crippen LogP contribution in [0.2, 0.25) is 0 Å². The number of guanidine groups is 1. The van der Waals surface area contributed by atoms with Crippen molar-refractivity contribution >= 4 is 5.96 Å². The van der Waals surface area contributed by atoms with E-state index in [0.717, 1.165) is 28.9 Å². The Hall–Kier alpha value is -2.57. The minimum Gasteiger partial charge on any atom is -0.488 e. The molecule has 2 N–H and O–H groups in total. The van der Waals surface area contributed by atoms with E-state index >= 15 is 0 Å². The van der Waals surface area contributed by atoms with Crippen LogP contribution in [0.4, 0.5) is 0 Å². The van der Waals surface area contributed by atoms with Crippen molar-refractivity contribution < 1.29 is 4.74 Å². The molecule has 0 atom stereocenters. The van der Waals surface area contributed by atoms with Crippen molar-refractivity contribution in [2.75, 3.05) is 0 Å². The summed E-state index contributed by atoms with van der Waals surface area (Å²) in [5.74, 6) is 3.51. The first-order valence-electron chi connectivity index (χ1n) is 11.4. The van der Waals surface area contributed by atoms with E-state index in [2.05, 4.69) is 66.7 Å². The second kappa shape index (κ2) is 10.2. The van der Waals surface area contributed by atoms with Gasteiger partial charge in [-0.1, -0.05) is 31.4 Å². The molecule has 31 heavy (non-hydrogen) atoms. The van der Waals surface area contributed by atoms with Gasteiger partial charge in [-0.3, -0.25) is 0 Å². The van der Waals surface area contributed by atoms with Crippen molar-refractivity contribution in [2.24, 2.45) is 12.0 Å². The lowest BCUT2D eigenvalue weighted by atomic mass is 9.96. The summed E-state index contributed by atoms with van der Waals surface area (Å²) in [5.41, 5.74) is 2.01. The molecule has 2 aromatic rings. The molecule has 1 aliphatic rings. The highest BCUT2D eigenvalue weighted by molar-refractivity contribution is 5.80. The summed E-state index contributed by atoms with van der Waals surface area (Å²) in [6.45, 7) is 11.4. The van der Waals surface area contributed by atoms with Crippen LogP contribution in [0.1, 0.15) is 75.7 Å². The fraction of sp³-hybridized carbons (Fsp3) is 0.625. The van der Waals surface area contributed by atoms with Gasteiger partial charge < -0.3 is 19.9 Å². The van der Waals surface area contributed by atoms with Gasteiger partial charge in [0.2, 0.25) is 0 Å². The van der Waals surface area contributed by atoms with E-state index in [4.69, 9.17) is 9.73 Å². The molecule has 7 nitrogen and oxygen atoms in total. The minimum atomic E-state index is -0.253. The van der Waals surface area contributed by atoms with Gasteiger partial charge in [-0.25, -0.2) is 4.99 Å². The Kier molecular flexibility index (Phi) is 7.57. The molecule has 0 spiro atoms. The van der Waals surface area contributed by atoms with Gasteiger partial charge in [0.15, 0.2) is 11.8 Å². The van der Waals surface area contributed by atoms with Crippen molar-refractivity contribution in [3.05, 3.63) is 41.0 Å². The number of benzene rings is 1. The summed E-state index contributed by atoms with van der Waals surface area (Å²) in [6, 6.07) is 6.79. The Morgan fingerprint density at radius 1 is 1.16 bits per heavy atom. The smallest absolute Gasteiger partial charge is 0.192 e. The van der Waals surface area contributed by atoms with Gasteiger partial charge in [-0.05, 0) is 59.1 Å². The Bertz CT molecular complexity index is 890. The molecule has 0 aliphatic heterocycles. The van der Waals surface area contributed by atoms with Crippen LogP contribution < -0.4 is 15.4 Å². The Labute approximate surface area is 186 Å². The van der Waals surface area contributed by atoms with Crippen molar-refractivity contribution in [3.8, 4) is 5.75 Å². The second-order valence-electron chi connectivity index (χ2n) is 9.55. The standard InChI is InChI=1S/C24H38N6O/c1-17-12-13-19(21(14-17)31-24(3,4)5)15-25-23(27-20-10-8-7-9-11-20)26-16-22-29-28-18(2)30(22)6/h12-14,20H,7-11,15-16H2,1-6H3,(H2,25,26,27). The third-order valence-corrected chi connectivity index (χ3v) is 5.59. The summed E-state index contributed by atoms with van der Waals surface area (Å²) >= 11 is 0. The van der Waals surface area contributed by atoms with Gasteiger partial charge in [0.25, 0.3) is 0 Å². The summed E-state index contributed by atoms with van der Waals surface area (Å²) in [7, 11) is 1.99. The maximum absolute atomic E-state index is 6.21. The van der Waals surface area contributed by atoms with Gasteiger partial charge in [0.1, 0.15) is 17.2 Å². The van der Waals surface area contributed by atoms with E-state index in [-0.39, 0.29) is 5.60 Å². The molecular weight excluding hydrogens is 388 g/mol. The van der Waals surface area contributed by atoms with Gasteiger partial charge in [0.05, 0.1) is 13.1 Å². The number of ether oxygens (including phenoxy) is 1. The number of aromatic nitrogens is 3. The number of hydrogen-bond acceptors (Lipinski definition) is 4. The highest BCUT2D eigenvalue weighted by atomic mass is 16.5. The zero-order valence-electron chi connectivity index (χ0n) is 20.0. The highest BCUT2D eigenvalue weighted by Crippen LogP contribution is 2.25. The largest absolute Gasteiger partial charge is 0.488 e. The second-order valence-corrected chi connectivity index (χ2v) is 9.55. The quantitative estimate of drug-likeness (QED) is 0.535. The molecule has 1 saturated carbocycles. The molecule has 1 heterocycles. The number of rotatable bonds is 6. The number of aliphatic imine (C=N–C) groups is 1. The third kappa shape index (κ3) is 6.97. The molecule has 1 aromatic carbocycles. The van der Waals surface area contributed by atoms with Gasteiger partial charge in [0, 0.05) is 18.7 Å². The average molecular weight is 427 g/mol. The fourth-order valence-corrected chi connectivity index (χ4v) is 3.74. The zero-order valence-corrected chi connectivity index (χ0v) is 20.0. The third-order valence-electron chi connectivity index (χ3n) is 5.59.